The number of hydrogen-bond donors (Lipinski definition) is 1. The van der Waals surface area contributed by atoms with Gasteiger partial charge in [0.1, 0.15) is 0 Å². The van der Waals surface area contributed by atoms with Crippen molar-refractivity contribution in [2.75, 3.05) is 11.9 Å². The van der Waals surface area contributed by atoms with Gasteiger partial charge in [-0.05, 0) is 31.0 Å². The second kappa shape index (κ2) is 10.3. The van der Waals surface area contributed by atoms with Crippen LogP contribution in [0.3, 0.4) is 0 Å². The molecule has 0 saturated carbocycles. The number of nitrogens with zero attached hydrogens (tertiary/aromatic N) is 1. The highest BCUT2D eigenvalue weighted by molar-refractivity contribution is 6.37. The number of aryl methyl sites for hydroxylation is 1. The van der Waals surface area contributed by atoms with Crippen LogP contribution in [-0.2, 0) is 0 Å². The molecule has 0 unspecified atom stereocenters. The molecule has 28 heavy (non-hydrogen) atoms. The van der Waals surface area contributed by atoms with Crippen molar-refractivity contribution in [3.05, 3.63) is 61.6 Å². The van der Waals surface area contributed by atoms with Gasteiger partial charge < -0.3 is 10.1 Å². The molecular formula is C20H22Cl2N2O4. The van der Waals surface area contributed by atoms with Gasteiger partial charge >= 0.3 is 0 Å². The van der Waals surface area contributed by atoms with Crippen molar-refractivity contribution >= 4 is 40.5 Å². The average Bonchev–Trinajstić information content (AvgIpc) is 2.64. The van der Waals surface area contributed by atoms with E-state index in [4.69, 9.17) is 27.9 Å². The van der Waals surface area contributed by atoms with Gasteiger partial charge in [0.25, 0.3) is 11.6 Å². The van der Waals surface area contributed by atoms with E-state index in [1.807, 2.05) is 0 Å². The minimum absolute atomic E-state index is 0.108. The van der Waals surface area contributed by atoms with Crippen LogP contribution in [0.4, 0.5) is 11.4 Å². The number of amides is 1. The Bertz CT molecular complexity index is 848. The van der Waals surface area contributed by atoms with E-state index in [1.165, 1.54) is 24.3 Å². The smallest absolute Gasteiger partial charge is 0.271 e. The third kappa shape index (κ3) is 5.84. The van der Waals surface area contributed by atoms with E-state index in [1.54, 1.807) is 13.0 Å². The van der Waals surface area contributed by atoms with Gasteiger partial charge in [0.15, 0.2) is 5.75 Å². The molecule has 0 aliphatic carbocycles. The Morgan fingerprint density at radius 2 is 1.82 bits per heavy atom. The van der Waals surface area contributed by atoms with Crippen molar-refractivity contribution in [3.63, 3.8) is 0 Å². The number of nitro groups is 1. The van der Waals surface area contributed by atoms with Crippen LogP contribution in [0.1, 0.15) is 48.5 Å². The van der Waals surface area contributed by atoms with Crippen molar-refractivity contribution in [1.82, 2.24) is 0 Å². The van der Waals surface area contributed by atoms with Gasteiger partial charge in [-0.2, -0.15) is 0 Å². The fourth-order valence-electron chi connectivity index (χ4n) is 2.58. The number of carbonyl (C=O) groups excluding carboxylic acids is 1. The lowest BCUT2D eigenvalue weighted by Gasteiger charge is -2.13. The highest BCUT2D eigenvalue weighted by Gasteiger charge is 2.16. The maximum absolute atomic E-state index is 12.6. The van der Waals surface area contributed by atoms with Crippen molar-refractivity contribution in [3.8, 4) is 5.75 Å². The van der Waals surface area contributed by atoms with Crippen LogP contribution in [0, 0.1) is 17.0 Å². The summed E-state index contributed by atoms with van der Waals surface area (Å²) in [4.78, 5) is 23.0. The van der Waals surface area contributed by atoms with Crippen molar-refractivity contribution < 1.29 is 14.5 Å². The summed E-state index contributed by atoms with van der Waals surface area (Å²) < 4.78 is 5.66. The molecule has 6 nitrogen and oxygen atoms in total. The van der Waals surface area contributed by atoms with Gasteiger partial charge in [0.05, 0.1) is 27.3 Å². The zero-order valence-electron chi connectivity index (χ0n) is 15.8. The Morgan fingerprint density at radius 3 is 2.43 bits per heavy atom. The number of nitro benzene ring substituents is 1. The zero-order valence-corrected chi connectivity index (χ0v) is 17.3. The minimum atomic E-state index is -0.518. The number of nitrogens with one attached hydrogen (secondary N) is 1. The van der Waals surface area contributed by atoms with Crippen LogP contribution in [0.2, 0.25) is 10.0 Å². The van der Waals surface area contributed by atoms with Gasteiger partial charge in [-0.3, -0.25) is 14.9 Å². The number of carbonyl (C=O) groups is 1. The molecule has 150 valence electrons. The summed E-state index contributed by atoms with van der Waals surface area (Å²) >= 11 is 12.5. The SMILES string of the molecule is CCCCCCOc1c(Cl)cc(C(=O)Nc2cc([N+](=O)[O-])ccc2C)cc1Cl. The lowest BCUT2D eigenvalue weighted by atomic mass is 10.1. The lowest BCUT2D eigenvalue weighted by molar-refractivity contribution is -0.384. The fourth-order valence-corrected chi connectivity index (χ4v) is 3.18. The summed E-state index contributed by atoms with van der Waals surface area (Å²) in [6.45, 7) is 4.38. The molecule has 0 aliphatic rings. The quantitative estimate of drug-likeness (QED) is 0.286. The second-order valence-corrected chi connectivity index (χ2v) is 7.20. The van der Waals surface area contributed by atoms with Gasteiger partial charge in [0.2, 0.25) is 0 Å². The molecule has 0 radical (unpaired) electrons. The molecule has 2 rings (SSSR count). The van der Waals surface area contributed by atoms with Gasteiger partial charge in [-0.25, -0.2) is 0 Å². The van der Waals surface area contributed by atoms with E-state index in [2.05, 4.69) is 12.2 Å². The summed E-state index contributed by atoms with van der Waals surface area (Å²) in [6, 6.07) is 7.20. The summed E-state index contributed by atoms with van der Waals surface area (Å²) in [5, 5.41) is 14.1. The van der Waals surface area contributed by atoms with Crippen LogP contribution in [0.15, 0.2) is 30.3 Å². The van der Waals surface area contributed by atoms with Crippen molar-refractivity contribution in [2.24, 2.45) is 0 Å². The van der Waals surface area contributed by atoms with Crippen LogP contribution in [-0.4, -0.2) is 17.4 Å². The molecule has 0 atom stereocenters. The van der Waals surface area contributed by atoms with E-state index in [-0.39, 0.29) is 21.3 Å². The minimum Gasteiger partial charge on any atom is -0.490 e. The summed E-state index contributed by atoms with van der Waals surface area (Å²) in [5.41, 5.74) is 1.17. The van der Waals surface area contributed by atoms with Crippen molar-refractivity contribution in [2.45, 2.75) is 39.5 Å². The molecule has 0 spiro atoms. The van der Waals surface area contributed by atoms with E-state index >= 15 is 0 Å². The lowest BCUT2D eigenvalue weighted by Crippen LogP contribution is -2.13. The molecule has 0 heterocycles. The molecule has 8 heteroatoms. The van der Waals surface area contributed by atoms with Gasteiger partial charge in [-0.1, -0.05) is 55.5 Å². The molecule has 0 aliphatic heterocycles. The third-order valence-electron chi connectivity index (χ3n) is 4.18. The standard InChI is InChI=1S/C20H22Cl2N2O4/c1-3-4-5-6-9-28-19-16(21)10-14(11-17(19)22)20(25)23-18-12-15(24(26)27)8-7-13(18)2/h7-8,10-12H,3-6,9H2,1-2H3,(H,23,25). The van der Waals surface area contributed by atoms with Crippen LogP contribution < -0.4 is 10.1 Å². The zero-order chi connectivity index (χ0) is 20.7. The fraction of sp³-hybridized carbons (Fsp3) is 0.350. The van der Waals surface area contributed by atoms with E-state index < -0.39 is 10.8 Å². The molecule has 2 aromatic carbocycles. The molecule has 1 N–H and O–H groups in total. The molecule has 2 aromatic rings. The topological polar surface area (TPSA) is 81.5 Å². The first-order valence-electron chi connectivity index (χ1n) is 9.01. The number of hydrogen-bond acceptors (Lipinski definition) is 4. The maximum Gasteiger partial charge on any atom is 0.271 e. The van der Waals surface area contributed by atoms with E-state index in [9.17, 15) is 14.9 Å². The summed E-state index contributed by atoms with van der Waals surface area (Å²) in [6.07, 6.45) is 4.24. The maximum atomic E-state index is 12.6. The molecular weight excluding hydrogens is 403 g/mol. The number of halogens is 2. The number of anilines is 1. The predicted molar refractivity (Wildman–Crippen MR) is 112 cm³/mol. The van der Waals surface area contributed by atoms with E-state index in [0.717, 1.165) is 25.7 Å². The average molecular weight is 425 g/mol. The first-order chi connectivity index (χ1) is 13.3. The van der Waals surface area contributed by atoms with Crippen molar-refractivity contribution in [1.29, 1.82) is 0 Å². The highest BCUT2D eigenvalue weighted by atomic mass is 35.5. The monoisotopic (exact) mass is 424 g/mol. The number of rotatable bonds is 9. The van der Waals surface area contributed by atoms with Gasteiger partial charge in [0, 0.05) is 17.7 Å². The largest absolute Gasteiger partial charge is 0.490 e. The molecule has 0 bridgehead atoms. The summed E-state index contributed by atoms with van der Waals surface area (Å²) in [5.74, 6) is -0.121. The van der Waals surface area contributed by atoms with Crippen LogP contribution in [0.5, 0.6) is 5.75 Å². The highest BCUT2D eigenvalue weighted by Crippen LogP contribution is 2.35. The van der Waals surface area contributed by atoms with Crippen LogP contribution in [0.25, 0.3) is 0 Å². The Labute approximate surface area is 173 Å². The van der Waals surface area contributed by atoms with Crippen LogP contribution >= 0.6 is 23.2 Å². The number of unbranched alkanes of at least 4 members (excludes halogenated alkanes) is 3. The number of ether oxygens (including phenoxy) is 1. The first-order valence-corrected chi connectivity index (χ1v) is 9.77. The predicted octanol–water partition coefficient (Wildman–Crippen LogP) is 6.42. The second-order valence-electron chi connectivity index (χ2n) is 6.39. The summed E-state index contributed by atoms with van der Waals surface area (Å²) in [7, 11) is 0. The first kappa shape index (κ1) is 22.0. The Kier molecular flexibility index (Phi) is 8.08. The normalized spacial score (nSPS) is 10.6. The Hall–Kier alpha value is -2.31. The van der Waals surface area contributed by atoms with E-state index in [0.29, 0.717) is 23.6 Å². The number of non-ortho nitro benzene ring substituents is 1. The Balaban J connectivity index is 2.12. The third-order valence-corrected chi connectivity index (χ3v) is 4.75. The molecule has 0 aromatic heterocycles. The molecule has 0 fully saturated rings. The molecule has 1 amide bonds. The Morgan fingerprint density at radius 1 is 1.14 bits per heavy atom. The number of benzene rings is 2. The van der Waals surface area contributed by atoms with Gasteiger partial charge in [-0.15, -0.1) is 0 Å². The molecule has 0 saturated heterocycles.